The zero-order chi connectivity index (χ0) is 16.8. The summed E-state index contributed by atoms with van der Waals surface area (Å²) in [6.45, 7) is 1.72. The highest BCUT2D eigenvalue weighted by Crippen LogP contribution is 2.32. The van der Waals surface area contributed by atoms with E-state index in [2.05, 4.69) is 15.2 Å². The summed E-state index contributed by atoms with van der Waals surface area (Å²) in [4.78, 5) is 30.1. The molecular formula is C17H11FN4O2. The Morgan fingerprint density at radius 3 is 2.29 bits per heavy atom. The molecule has 118 valence electrons. The number of nitrogens with zero attached hydrogens (tertiary/aromatic N) is 3. The third kappa shape index (κ3) is 1.95. The smallest absolute Gasteiger partial charge is 0.267 e. The number of anilines is 1. The van der Waals surface area contributed by atoms with Crippen molar-refractivity contribution in [1.82, 2.24) is 15.2 Å². The van der Waals surface area contributed by atoms with E-state index in [4.69, 9.17) is 0 Å². The van der Waals surface area contributed by atoms with Crippen molar-refractivity contribution in [2.24, 2.45) is 0 Å². The van der Waals surface area contributed by atoms with Gasteiger partial charge in [0.2, 0.25) is 0 Å². The summed E-state index contributed by atoms with van der Waals surface area (Å²) >= 11 is 0. The molecule has 0 unspecified atom stereocenters. The van der Waals surface area contributed by atoms with Gasteiger partial charge in [-0.25, -0.2) is 9.29 Å². The number of H-pyrrole nitrogens is 1. The van der Waals surface area contributed by atoms with E-state index >= 15 is 0 Å². The van der Waals surface area contributed by atoms with Gasteiger partial charge >= 0.3 is 0 Å². The summed E-state index contributed by atoms with van der Waals surface area (Å²) in [6.07, 6.45) is 1.09. The molecule has 24 heavy (non-hydrogen) atoms. The fourth-order valence-electron chi connectivity index (χ4n) is 2.76. The second-order valence-corrected chi connectivity index (χ2v) is 5.40. The number of hydrogen-bond donors (Lipinski definition) is 1. The highest BCUT2D eigenvalue weighted by Gasteiger charge is 2.38. The Kier molecular flexibility index (Phi) is 3.02. The van der Waals surface area contributed by atoms with Crippen molar-refractivity contribution < 1.29 is 14.0 Å². The Hall–Kier alpha value is -3.35. The van der Waals surface area contributed by atoms with Crippen molar-refractivity contribution in [2.45, 2.75) is 6.92 Å². The van der Waals surface area contributed by atoms with E-state index in [0.717, 1.165) is 11.1 Å². The molecule has 4 rings (SSSR count). The lowest BCUT2D eigenvalue weighted by atomic mass is 10.1. The highest BCUT2D eigenvalue weighted by molar-refractivity contribution is 6.34. The van der Waals surface area contributed by atoms with Gasteiger partial charge in [0.15, 0.2) is 5.82 Å². The van der Waals surface area contributed by atoms with E-state index in [0.29, 0.717) is 28.1 Å². The van der Waals surface area contributed by atoms with E-state index in [1.165, 1.54) is 12.1 Å². The maximum absolute atomic E-state index is 13.0. The lowest BCUT2D eigenvalue weighted by Crippen LogP contribution is -2.30. The number of amides is 2. The number of carbonyl (C=O) groups is 2. The first-order chi connectivity index (χ1) is 11.6. The minimum atomic E-state index is -0.448. The van der Waals surface area contributed by atoms with Crippen molar-refractivity contribution in [2.75, 3.05) is 4.90 Å². The summed E-state index contributed by atoms with van der Waals surface area (Å²) in [5, 5.41) is 6.88. The van der Waals surface area contributed by atoms with E-state index < -0.39 is 17.6 Å². The van der Waals surface area contributed by atoms with Crippen molar-refractivity contribution in [3.63, 3.8) is 0 Å². The van der Waals surface area contributed by atoms with Gasteiger partial charge in [-0.2, -0.15) is 5.10 Å². The molecule has 0 saturated carbocycles. The fourth-order valence-corrected chi connectivity index (χ4v) is 2.76. The lowest BCUT2D eigenvalue weighted by Gasteiger charge is -2.11. The van der Waals surface area contributed by atoms with Crippen LogP contribution in [0.5, 0.6) is 0 Å². The number of halogens is 1. The zero-order valence-corrected chi connectivity index (χ0v) is 12.6. The summed E-state index contributed by atoms with van der Waals surface area (Å²) in [5.41, 5.74) is 2.30. The molecule has 6 nitrogen and oxygen atoms in total. The van der Waals surface area contributed by atoms with Gasteiger partial charge in [-0.3, -0.25) is 19.7 Å². The number of pyridine rings is 1. The largest absolute Gasteiger partial charge is 0.274 e. The third-order valence-electron chi connectivity index (χ3n) is 3.97. The summed E-state index contributed by atoms with van der Waals surface area (Å²) in [6, 6.07) is 9.42. The number of nitrogens with one attached hydrogen (secondary N) is 1. The quantitative estimate of drug-likeness (QED) is 0.736. The highest BCUT2D eigenvalue weighted by atomic mass is 19.1. The van der Waals surface area contributed by atoms with Crippen LogP contribution in [0.15, 0.2) is 42.6 Å². The molecule has 0 radical (unpaired) electrons. The Labute approximate surface area is 135 Å². The molecule has 1 aliphatic heterocycles. The van der Waals surface area contributed by atoms with Gasteiger partial charge in [-0.1, -0.05) is 12.1 Å². The molecular weight excluding hydrogens is 311 g/mol. The molecule has 3 aromatic rings. The third-order valence-corrected chi connectivity index (χ3v) is 3.97. The van der Waals surface area contributed by atoms with Gasteiger partial charge in [0.25, 0.3) is 11.8 Å². The van der Waals surface area contributed by atoms with Crippen LogP contribution in [0, 0.1) is 12.7 Å². The maximum atomic E-state index is 13.0. The van der Waals surface area contributed by atoms with Gasteiger partial charge in [-0.15, -0.1) is 0 Å². The van der Waals surface area contributed by atoms with Crippen LogP contribution in [0.25, 0.3) is 11.4 Å². The number of imide groups is 1. The molecule has 0 bridgehead atoms. The number of aromatic nitrogens is 3. The van der Waals surface area contributed by atoms with Gasteiger partial charge in [-0.05, 0) is 31.2 Å². The Morgan fingerprint density at radius 1 is 1.04 bits per heavy atom. The average molecular weight is 322 g/mol. The second-order valence-electron chi connectivity index (χ2n) is 5.40. The molecule has 0 fully saturated rings. The number of carbonyl (C=O) groups excluding carboxylic acids is 2. The number of hydrogen-bond acceptors (Lipinski definition) is 4. The molecule has 1 N–H and O–H groups in total. The number of benzene rings is 1. The topological polar surface area (TPSA) is 79.0 Å². The fraction of sp³-hybridized carbons (Fsp3) is 0.0588. The van der Waals surface area contributed by atoms with Crippen LogP contribution in [-0.2, 0) is 0 Å². The van der Waals surface area contributed by atoms with E-state index in [9.17, 15) is 14.0 Å². The molecule has 7 heteroatoms. The SMILES string of the molecule is Cc1c(N2C(=O)c3ccccc3C2=O)n[nH]c1-c1ccc(F)cn1. The van der Waals surface area contributed by atoms with Crippen LogP contribution in [0.2, 0.25) is 0 Å². The van der Waals surface area contributed by atoms with Crippen LogP contribution in [0.3, 0.4) is 0 Å². The second kappa shape index (κ2) is 5.09. The van der Waals surface area contributed by atoms with Crippen LogP contribution in [0.1, 0.15) is 26.3 Å². The molecule has 1 aliphatic rings. The van der Waals surface area contributed by atoms with Crippen molar-refractivity contribution in [3.8, 4) is 11.4 Å². The van der Waals surface area contributed by atoms with E-state index in [-0.39, 0.29) is 5.82 Å². The first-order valence-corrected chi connectivity index (χ1v) is 7.22. The number of rotatable bonds is 2. The molecule has 0 aliphatic carbocycles. The Bertz CT molecular complexity index is 944. The molecule has 0 spiro atoms. The first-order valence-electron chi connectivity index (χ1n) is 7.22. The van der Waals surface area contributed by atoms with Crippen molar-refractivity contribution >= 4 is 17.6 Å². The molecule has 2 amide bonds. The lowest BCUT2D eigenvalue weighted by molar-refractivity contribution is 0.0925. The summed E-state index contributed by atoms with van der Waals surface area (Å²) in [7, 11) is 0. The molecule has 0 saturated heterocycles. The van der Waals surface area contributed by atoms with Gasteiger partial charge in [0.1, 0.15) is 5.82 Å². The normalized spacial score (nSPS) is 13.5. The monoisotopic (exact) mass is 322 g/mol. The minimum absolute atomic E-state index is 0.224. The first kappa shape index (κ1) is 14.3. The van der Waals surface area contributed by atoms with E-state index in [1.807, 2.05) is 0 Å². The van der Waals surface area contributed by atoms with Crippen LogP contribution in [-0.4, -0.2) is 27.0 Å². The molecule has 3 heterocycles. The predicted octanol–water partition coefficient (Wildman–Crippen LogP) is 2.72. The molecule has 2 aromatic heterocycles. The van der Waals surface area contributed by atoms with Crippen molar-refractivity contribution in [1.29, 1.82) is 0 Å². The zero-order valence-electron chi connectivity index (χ0n) is 12.6. The minimum Gasteiger partial charge on any atom is -0.274 e. The molecule has 1 aromatic carbocycles. The predicted molar refractivity (Wildman–Crippen MR) is 84.1 cm³/mol. The van der Waals surface area contributed by atoms with Crippen LogP contribution < -0.4 is 4.90 Å². The number of aromatic amines is 1. The average Bonchev–Trinajstić information content (AvgIpc) is 3.08. The van der Waals surface area contributed by atoms with Gasteiger partial charge in [0.05, 0.1) is 28.7 Å². The van der Waals surface area contributed by atoms with Crippen molar-refractivity contribution in [3.05, 3.63) is 65.1 Å². The Morgan fingerprint density at radius 2 is 1.71 bits per heavy atom. The standard InChI is InChI=1S/C17H11FN4O2/c1-9-14(13-7-6-10(18)8-19-13)20-21-15(9)22-16(23)11-4-2-3-5-12(11)17(22)24/h2-8H,1H3,(H,20,21). The molecule has 0 atom stereocenters. The van der Waals surface area contributed by atoms with Crippen LogP contribution in [0.4, 0.5) is 10.2 Å². The van der Waals surface area contributed by atoms with Gasteiger partial charge in [0, 0.05) is 5.56 Å². The maximum Gasteiger partial charge on any atom is 0.267 e. The number of fused-ring (bicyclic) bond motifs is 1. The summed E-state index contributed by atoms with van der Waals surface area (Å²) in [5.74, 6) is -1.05. The van der Waals surface area contributed by atoms with E-state index in [1.54, 1.807) is 31.2 Å². The van der Waals surface area contributed by atoms with Crippen LogP contribution >= 0.6 is 0 Å². The van der Waals surface area contributed by atoms with Gasteiger partial charge < -0.3 is 0 Å². The summed E-state index contributed by atoms with van der Waals surface area (Å²) < 4.78 is 13.0. The Balaban J connectivity index is 1.78.